The molecule has 0 heteroatoms. The Hall–Kier alpha value is -7.02. The van der Waals surface area contributed by atoms with Crippen molar-refractivity contribution in [2.75, 3.05) is 0 Å². The first kappa shape index (κ1) is 105. The largest absolute Gasteiger partial charge is 0.0654 e. The summed E-state index contributed by atoms with van der Waals surface area (Å²) in [5.41, 5.74) is 39.7. The molecule has 2 aliphatic carbocycles. The van der Waals surface area contributed by atoms with Gasteiger partial charge in [0.05, 0.1) is 0 Å². The van der Waals surface area contributed by atoms with E-state index in [1.54, 1.807) is 55.6 Å². The van der Waals surface area contributed by atoms with E-state index in [0.717, 1.165) is 23.7 Å². The lowest BCUT2D eigenvalue weighted by Gasteiger charge is -2.28. The van der Waals surface area contributed by atoms with Gasteiger partial charge in [0, 0.05) is 0 Å². The molecule has 11 rings (SSSR count). The van der Waals surface area contributed by atoms with Crippen LogP contribution in [0.4, 0.5) is 0 Å². The lowest BCUT2D eigenvalue weighted by molar-refractivity contribution is 0.437. The third kappa shape index (κ3) is 39.4. The SMILES string of the molecule is CCCCC(CC)Cc1cc(C)c(CC(CC)CCCC)cc1C.CCCCCCc1cc(C)c(C)cc1C.CCCCCCc1cc(C)c(CCCCCC)cc1C.CCCCCCc1cc(C)ccc1C.Cc1cc(-c2ccccc2)c(C)cc1-c1ccccc1.Cc1cc(C2CCCCC2)c(C)cc1C1CCCCC1.Cc1ccc(C)cc1. The normalized spacial score (nSPS) is 13.1. The fourth-order valence-corrected chi connectivity index (χ4v) is 18.6. The van der Waals surface area contributed by atoms with Crippen molar-refractivity contribution in [1.29, 1.82) is 0 Å². The van der Waals surface area contributed by atoms with Gasteiger partial charge in [-0.2, -0.15) is 0 Å². The Morgan fingerprint density at radius 1 is 0.231 bits per heavy atom. The van der Waals surface area contributed by atoms with Gasteiger partial charge in [0.1, 0.15) is 0 Å². The number of unbranched alkanes of at least 4 members (excludes halogenated alkanes) is 14. The monoisotopic (exact) mass is 1630 g/mol. The first-order valence-electron chi connectivity index (χ1n) is 50.1. The molecule has 2 aliphatic rings. The highest BCUT2D eigenvalue weighted by Gasteiger charge is 2.23. The summed E-state index contributed by atoms with van der Waals surface area (Å²) >= 11 is 0. The third-order valence-electron chi connectivity index (χ3n) is 27.1. The Bertz CT molecular complexity index is 4020. The van der Waals surface area contributed by atoms with Gasteiger partial charge in [0.15, 0.2) is 0 Å². The van der Waals surface area contributed by atoms with E-state index in [4.69, 9.17) is 0 Å². The van der Waals surface area contributed by atoms with Gasteiger partial charge < -0.3 is 0 Å². The maximum atomic E-state index is 2.55. The molecule has 2 saturated carbocycles. The van der Waals surface area contributed by atoms with Crippen molar-refractivity contribution >= 4 is 0 Å². The minimum Gasteiger partial charge on any atom is -0.0654 e. The highest BCUT2D eigenvalue weighted by Crippen LogP contribution is 2.40. The van der Waals surface area contributed by atoms with Crippen molar-refractivity contribution in [3.63, 3.8) is 0 Å². The van der Waals surface area contributed by atoms with Crippen LogP contribution < -0.4 is 0 Å². The fraction of sp³-hybridized carbons (Fsp3) is 0.554. The average molecular weight is 1630 g/mol. The topological polar surface area (TPSA) is 0 Å². The summed E-state index contributed by atoms with van der Waals surface area (Å²) in [6, 6.07) is 60.7. The van der Waals surface area contributed by atoms with Crippen LogP contribution in [-0.4, -0.2) is 0 Å². The van der Waals surface area contributed by atoms with Gasteiger partial charge in [-0.1, -0.05) is 403 Å². The maximum Gasteiger partial charge on any atom is -0.0152 e. The van der Waals surface area contributed by atoms with Crippen LogP contribution in [-0.2, 0) is 38.5 Å². The van der Waals surface area contributed by atoms with Crippen LogP contribution in [0, 0.1) is 116 Å². The molecule has 664 valence electrons. The minimum absolute atomic E-state index is 0.850. The lowest BCUT2D eigenvalue weighted by atomic mass is 9.77. The van der Waals surface area contributed by atoms with Crippen molar-refractivity contribution in [3.8, 4) is 22.3 Å². The Morgan fingerprint density at radius 3 is 0.868 bits per heavy atom. The van der Waals surface area contributed by atoms with Crippen molar-refractivity contribution in [1.82, 2.24) is 0 Å². The second-order valence-electron chi connectivity index (χ2n) is 37.8. The summed E-state index contributed by atoms with van der Waals surface area (Å²) in [5, 5.41) is 0. The van der Waals surface area contributed by atoms with Gasteiger partial charge in [-0.3, -0.25) is 0 Å². The van der Waals surface area contributed by atoms with Crippen LogP contribution in [0.2, 0.25) is 0 Å². The first-order chi connectivity index (χ1) is 58.4. The quantitative estimate of drug-likeness (QED) is 0.0343. The second-order valence-corrected chi connectivity index (χ2v) is 37.8. The molecule has 0 aromatic heterocycles. The predicted molar refractivity (Wildman–Crippen MR) is 544 cm³/mol. The summed E-state index contributed by atoms with van der Waals surface area (Å²) in [4.78, 5) is 0. The van der Waals surface area contributed by atoms with Crippen molar-refractivity contribution in [2.24, 2.45) is 11.8 Å². The molecule has 0 heterocycles. The fourth-order valence-electron chi connectivity index (χ4n) is 18.6. The third-order valence-corrected chi connectivity index (χ3v) is 27.1. The summed E-state index contributed by atoms with van der Waals surface area (Å²) in [7, 11) is 0. The van der Waals surface area contributed by atoms with Gasteiger partial charge in [-0.15, -0.1) is 0 Å². The Labute approximate surface area is 748 Å². The predicted octanol–water partition coefficient (Wildman–Crippen LogP) is 37.9. The van der Waals surface area contributed by atoms with Gasteiger partial charge in [0.25, 0.3) is 0 Å². The number of aryl methyl sites for hydroxylation is 19. The molecule has 0 N–H and O–H groups in total. The molecule has 0 spiro atoms. The highest BCUT2D eigenvalue weighted by molar-refractivity contribution is 5.76. The van der Waals surface area contributed by atoms with E-state index in [-0.39, 0.29) is 0 Å². The Kier molecular flexibility index (Phi) is 52.3. The maximum absolute atomic E-state index is 2.55. The van der Waals surface area contributed by atoms with Crippen LogP contribution in [0.15, 0.2) is 164 Å². The first-order valence-corrected chi connectivity index (χ1v) is 50.1. The van der Waals surface area contributed by atoms with Gasteiger partial charge >= 0.3 is 0 Å². The summed E-state index contributed by atoms with van der Waals surface area (Å²) in [5.74, 6) is 3.43. The number of hydrogen-bond acceptors (Lipinski definition) is 0. The van der Waals surface area contributed by atoms with E-state index in [0.29, 0.717) is 0 Å². The second kappa shape index (κ2) is 60.5. The zero-order valence-electron chi connectivity index (χ0n) is 82.7. The van der Waals surface area contributed by atoms with Crippen molar-refractivity contribution < 1.29 is 0 Å². The molecule has 9 aromatic carbocycles. The molecular weight excluding hydrogens is 1450 g/mol. The molecule has 0 saturated heterocycles. The van der Waals surface area contributed by atoms with E-state index >= 15 is 0 Å². The van der Waals surface area contributed by atoms with Crippen molar-refractivity contribution in [2.45, 2.75) is 428 Å². The molecule has 9 aromatic rings. The van der Waals surface area contributed by atoms with E-state index in [1.165, 1.54) is 351 Å². The summed E-state index contributed by atoms with van der Waals surface area (Å²) in [6.45, 7) is 52.0. The van der Waals surface area contributed by atoms with E-state index in [1.807, 2.05) is 0 Å². The Balaban J connectivity index is 0.000000255. The number of rotatable bonds is 36. The van der Waals surface area contributed by atoms with Crippen LogP contribution in [0.1, 0.15) is 413 Å². The molecule has 0 radical (unpaired) electrons. The van der Waals surface area contributed by atoms with Crippen molar-refractivity contribution in [3.05, 3.63) is 292 Å². The molecular formula is C121H180. The van der Waals surface area contributed by atoms with Crippen LogP contribution in [0.3, 0.4) is 0 Å². The van der Waals surface area contributed by atoms with E-state index in [2.05, 4.69) is 323 Å². The average Bonchev–Trinajstić information content (AvgIpc) is 0.792. The van der Waals surface area contributed by atoms with Gasteiger partial charge in [0.2, 0.25) is 0 Å². The Morgan fingerprint density at radius 2 is 0.529 bits per heavy atom. The van der Waals surface area contributed by atoms with Gasteiger partial charge in [-0.25, -0.2) is 0 Å². The molecule has 121 heavy (non-hydrogen) atoms. The number of benzene rings is 9. The number of hydrogen-bond donors (Lipinski definition) is 0. The molecule has 0 amide bonds. The molecule has 0 aliphatic heterocycles. The minimum atomic E-state index is 0.850. The smallest absolute Gasteiger partial charge is 0.0152 e. The highest BCUT2D eigenvalue weighted by atomic mass is 14.3. The zero-order valence-corrected chi connectivity index (χ0v) is 82.7. The van der Waals surface area contributed by atoms with Crippen LogP contribution >= 0.6 is 0 Å². The standard InChI is InChI=1S/C24H42.C20H30.C20H18.C20H34.C15H24.C14H22.C8H10/c1-7-11-13-21(9-3)17-23-15-20(6)24(16-19(23)5)18-22(10-4)14-12-8-2;2*1-15-13-20(18-11-7-4-8-12-18)16(2)14-19(15)17-9-5-3-6-10-17;1-5-7-9-11-13-19-15-18(4)20(16-17(19)3)14-12-10-8-6-2;1-5-6-7-8-9-15-11-13(3)12(2)10-14(15)4;1-4-5-6-7-8-14-11-12(2)9-10-13(14)3;1-7-3-5-8(2)6-4-7/h15-16,21-22H,7-14,17-18H2,1-6H3;13-14,17-18H,3-12H2,1-2H3;3-14H,1-2H3;15-16H,5-14H2,1-4H3;10-11H,5-9H2,1-4H3;9-11H,4-8H2,1-3H3;3-6H,1-2H3. The van der Waals surface area contributed by atoms with E-state index < -0.39 is 0 Å². The van der Waals surface area contributed by atoms with E-state index in [9.17, 15) is 0 Å². The molecule has 2 fully saturated rings. The molecule has 2 unspecified atom stereocenters. The van der Waals surface area contributed by atoms with Crippen LogP contribution in [0.5, 0.6) is 0 Å². The summed E-state index contributed by atoms with van der Waals surface area (Å²) in [6.07, 6.45) is 54.5. The molecule has 0 bridgehead atoms. The summed E-state index contributed by atoms with van der Waals surface area (Å²) < 4.78 is 0. The van der Waals surface area contributed by atoms with Gasteiger partial charge in [-0.05, 0) is 351 Å². The molecule has 0 nitrogen and oxygen atoms in total. The van der Waals surface area contributed by atoms with Crippen LogP contribution in [0.25, 0.3) is 22.3 Å². The molecule has 2 atom stereocenters. The zero-order chi connectivity index (χ0) is 88.3. The lowest BCUT2D eigenvalue weighted by Crippen LogP contribution is -2.10.